The molecular weight excluding hydrogens is 300 g/mol. The van der Waals surface area contributed by atoms with Crippen LogP contribution in [0.1, 0.15) is 10.7 Å². The van der Waals surface area contributed by atoms with Crippen LogP contribution in [0.15, 0.2) is 34.1 Å². The Morgan fingerprint density at radius 2 is 2.24 bits per heavy atom. The molecule has 0 fully saturated rings. The summed E-state index contributed by atoms with van der Waals surface area (Å²) in [5, 5.41) is 6.12. The maximum atomic E-state index is 5.69. The molecule has 90 valence electrons. The van der Waals surface area contributed by atoms with Crippen LogP contribution in [0.3, 0.4) is 0 Å². The second kappa shape index (κ2) is 6.14. The zero-order valence-electron chi connectivity index (χ0n) is 9.44. The number of rotatable bonds is 5. The molecule has 0 bridgehead atoms. The van der Waals surface area contributed by atoms with E-state index in [9.17, 15) is 0 Å². The number of nitrogens with one attached hydrogen (secondary N) is 1. The number of para-hydroxylation sites is 1. The Morgan fingerprint density at radius 1 is 1.41 bits per heavy atom. The van der Waals surface area contributed by atoms with Crippen molar-refractivity contribution < 1.29 is 4.74 Å². The first kappa shape index (κ1) is 12.5. The molecule has 2 aromatic rings. The van der Waals surface area contributed by atoms with E-state index < -0.39 is 0 Å². The second-order valence-electron chi connectivity index (χ2n) is 3.48. The van der Waals surface area contributed by atoms with Crippen LogP contribution in [0.4, 0.5) is 0 Å². The summed E-state index contributed by atoms with van der Waals surface area (Å²) < 4.78 is 6.66. The van der Waals surface area contributed by atoms with Crippen molar-refractivity contribution >= 4 is 27.3 Å². The molecule has 0 spiro atoms. The van der Waals surface area contributed by atoms with Crippen molar-refractivity contribution in [3.63, 3.8) is 0 Å². The van der Waals surface area contributed by atoms with E-state index in [2.05, 4.69) is 31.6 Å². The summed E-state index contributed by atoms with van der Waals surface area (Å²) in [7, 11) is 1.91. The van der Waals surface area contributed by atoms with E-state index in [0.717, 1.165) is 27.5 Å². The zero-order valence-corrected chi connectivity index (χ0v) is 11.8. The van der Waals surface area contributed by atoms with E-state index in [-0.39, 0.29) is 0 Å². The van der Waals surface area contributed by atoms with Gasteiger partial charge in [0.05, 0.1) is 10.2 Å². The number of thiazole rings is 1. The Bertz CT molecular complexity index is 487. The predicted octanol–water partition coefficient (Wildman–Crippen LogP) is 3.20. The number of halogens is 1. The largest absolute Gasteiger partial charge is 0.485 e. The molecule has 1 aromatic carbocycles. The van der Waals surface area contributed by atoms with Gasteiger partial charge in [-0.3, -0.25) is 0 Å². The lowest BCUT2D eigenvalue weighted by molar-refractivity contribution is 0.303. The fourth-order valence-electron chi connectivity index (χ4n) is 1.38. The average Bonchev–Trinajstić information content (AvgIpc) is 2.76. The van der Waals surface area contributed by atoms with E-state index in [1.807, 2.05) is 31.3 Å². The van der Waals surface area contributed by atoms with Crippen LogP contribution in [0.2, 0.25) is 0 Å². The summed E-state index contributed by atoms with van der Waals surface area (Å²) in [6.07, 6.45) is 0. The van der Waals surface area contributed by atoms with E-state index >= 15 is 0 Å². The molecule has 3 nitrogen and oxygen atoms in total. The van der Waals surface area contributed by atoms with Gasteiger partial charge in [0.25, 0.3) is 0 Å². The van der Waals surface area contributed by atoms with Gasteiger partial charge >= 0.3 is 0 Å². The van der Waals surface area contributed by atoms with Crippen molar-refractivity contribution in [3.8, 4) is 5.75 Å². The third-order valence-corrected chi connectivity index (χ3v) is 3.67. The van der Waals surface area contributed by atoms with E-state index in [4.69, 9.17) is 4.74 Å². The first-order chi connectivity index (χ1) is 8.29. The standard InChI is InChI=1S/C12H13BrN2OS/c1-14-6-9-8-17-12(15-9)7-16-11-5-3-2-4-10(11)13/h2-5,8,14H,6-7H2,1H3. The van der Waals surface area contributed by atoms with E-state index in [1.165, 1.54) is 0 Å². The van der Waals surface area contributed by atoms with Gasteiger partial charge in [-0.15, -0.1) is 11.3 Å². The Kier molecular flexibility index (Phi) is 4.53. The molecular formula is C12H13BrN2OS. The van der Waals surface area contributed by atoms with E-state index in [1.54, 1.807) is 11.3 Å². The molecule has 0 atom stereocenters. The number of benzene rings is 1. The molecule has 0 radical (unpaired) electrons. The molecule has 1 N–H and O–H groups in total. The maximum Gasteiger partial charge on any atom is 0.140 e. The Labute approximate surface area is 113 Å². The quantitative estimate of drug-likeness (QED) is 0.920. The lowest BCUT2D eigenvalue weighted by Crippen LogP contribution is -2.05. The Hall–Kier alpha value is -0.910. The van der Waals surface area contributed by atoms with Crippen LogP contribution in [0.5, 0.6) is 5.75 Å². The molecule has 2 rings (SSSR count). The van der Waals surface area contributed by atoms with Gasteiger partial charge in [-0.25, -0.2) is 4.98 Å². The van der Waals surface area contributed by atoms with Gasteiger partial charge in [0.15, 0.2) is 0 Å². The molecule has 0 aliphatic carbocycles. The van der Waals surface area contributed by atoms with Crippen LogP contribution in [0, 0.1) is 0 Å². The van der Waals surface area contributed by atoms with Crippen LogP contribution >= 0.6 is 27.3 Å². The Morgan fingerprint density at radius 3 is 3.00 bits per heavy atom. The third-order valence-electron chi connectivity index (χ3n) is 2.15. The van der Waals surface area contributed by atoms with Crippen molar-refractivity contribution in [2.45, 2.75) is 13.2 Å². The number of hydrogen-bond acceptors (Lipinski definition) is 4. The topological polar surface area (TPSA) is 34.1 Å². The summed E-state index contributed by atoms with van der Waals surface area (Å²) >= 11 is 5.07. The molecule has 17 heavy (non-hydrogen) atoms. The number of aromatic nitrogens is 1. The molecule has 0 amide bonds. The third kappa shape index (κ3) is 3.52. The summed E-state index contributed by atoms with van der Waals surface area (Å²) in [5.74, 6) is 0.845. The minimum atomic E-state index is 0.511. The van der Waals surface area contributed by atoms with Crippen LogP contribution in [-0.4, -0.2) is 12.0 Å². The van der Waals surface area contributed by atoms with Gasteiger partial charge in [-0.1, -0.05) is 12.1 Å². The number of ether oxygens (including phenoxy) is 1. The maximum absolute atomic E-state index is 5.69. The van der Waals surface area contributed by atoms with Crippen LogP contribution in [-0.2, 0) is 13.2 Å². The van der Waals surface area contributed by atoms with Gasteiger partial charge in [-0.2, -0.15) is 0 Å². The summed E-state index contributed by atoms with van der Waals surface area (Å²) in [5.41, 5.74) is 1.06. The molecule has 5 heteroatoms. The zero-order chi connectivity index (χ0) is 12.1. The molecule has 0 saturated carbocycles. The lowest BCUT2D eigenvalue weighted by Gasteiger charge is -2.05. The van der Waals surface area contributed by atoms with Crippen LogP contribution < -0.4 is 10.1 Å². The van der Waals surface area contributed by atoms with Crippen LogP contribution in [0.25, 0.3) is 0 Å². The van der Waals surface area contributed by atoms with Gasteiger partial charge < -0.3 is 10.1 Å². The molecule has 0 aliphatic heterocycles. The first-order valence-electron chi connectivity index (χ1n) is 5.25. The summed E-state index contributed by atoms with van der Waals surface area (Å²) in [4.78, 5) is 4.46. The van der Waals surface area contributed by atoms with Crippen molar-refractivity contribution in [2.24, 2.45) is 0 Å². The highest BCUT2D eigenvalue weighted by molar-refractivity contribution is 9.10. The van der Waals surface area contributed by atoms with Gasteiger partial charge in [0.2, 0.25) is 0 Å². The molecule has 0 saturated heterocycles. The minimum Gasteiger partial charge on any atom is -0.485 e. The van der Waals surface area contributed by atoms with Crippen molar-refractivity contribution in [2.75, 3.05) is 7.05 Å². The summed E-state index contributed by atoms with van der Waals surface area (Å²) in [6, 6.07) is 7.82. The fraction of sp³-hybridized carbons (Fsp3) is 0.250. The predicted molar refractivity (Wildman–Crippen MR) is 73.4 cm³/mol. The minimum absolute atomic E-state index is 0.511. The number of nitrogens with zero attached hydrogens (tertiary/aromatic N) is 1. The molecule has 1 heterocycles. The highest BCUT2D eigenvalue weighted by Gasteiger charge is 2.04. The lowest BCUT2D eigenvalue weighted by atomic mass is 10.3. The first-order valence-corrected chi connectivity index (χ1v) is 6.92. The Balaban J connectivity index is 1.95. The average molecular weight is 313 g/mol. The molecule has 0 aliphatic rings. The van der Waals surface area contributed by atoms with Gasteiger partial charge in [0, 0.05) is 11.9 Å². The number of hydrogen-bond donors (Lipinski definition) is 1. The molecule has 0 unspecified atom stereocenters. The monoisotopic (exact) mass is 312 g/mol. The fourth-order valence-corrected chi connectivity index (χ4v) is 2.48. The van der Waals surface area contributed by atoms with Crippen molar-refractivity contribution in [3.05, 3.63) is 44.8 Å². The highest BCUT2D eigenvalue weighted by atomic mass is 79.9. The highest BCUT2D eigenvalue weighted by Crippen LogP contribution is 2.25. The van der Waals surface area contributed by atoms with Gasteiger partial charge in [-0.05, 0) is 35.1 Å². The molecule has 1 aromatic heterocycles. The SMILES string of the molecule is CNCc1csc(COc2ccccc2Br)n1. The normalized spacial score (nSPS) is 10.5. The van der Waals surface area contributed by atoms with Gasteiger partial charge in [0.1, 0.15) is 17.4 Å². The summed E-state index contributed by atoms with van der Waals surface area (Å²) in [6.45, 7) is 1.31. The smallest absolute Gasteiger partial charge is 0.140 e. The van der Waals surface area contributed by atoms with Crippen molar-refractivity contribution in [1.29, 1.82) is 0 Å². The second-order valence-corrected chi connectivity index (χ2v) is 5.28. The van der Waals surface area contributed by atoms with E-state index in [0.29, 0.717) is 6.61 Å². The van der Waals surface area contributed by atoms with Crippen molar-refractivity contribution in [1.82, 2.24) is 10.3 Å².